The third-order valence-corrected chi connectivity index (χ3v) is 3.52. The van der Waals surface area contributed by atoms with E-state index >= 15 is 0 Å². The van der Waals surface area contributed by atoms with Gasteiger partial charge in [-0.2, -0.15) is 0 Å². The van der Waals surface area contributed by atoms with Gasteiger partial charge in [0.25, 0.3) is 0 Å². The third-order valence-electron chi connectivity index (χ3n) is 3.52. The molecule has 1 aliphatic carbocycles. The maximum atomic E-state index is 11.6. The molecule has 100 valence electrons. The van der Waals surface area contributed by atoms with Gasteiger partial charge in [0.1, 0.15) is 5.54 Å². The molecular formula is C13H25NO3. The summed E-state index contributed by atoms with van der Waals surface area (Å²) in [4.78, 5) is 11.6. The Balaban J connectivity index is 2.64. The van der Waals surface area contributed by atoms with Gasteiger partial charge in [0, 0.05) is 0 Å². The molecule has 0 bridgehead atoms. The zero-order valence-electron chi connectivity index (χ0n) is 11.2. The molecule has 17 heavy (non-hydrogen) atoms. The molecule has 0 aromatic carbocycles. The Morgan fingerprint density at radius 3 is 2.59 bits per heavy atom. The molecule has 0 aromatic rings. The van der Waals surface area contributed by atoms with Crippen LogP contribution < -0.4 is 5.32 Å². The Morgan fingerprint density at radius 2 is 2.18 bits per heavy atom. The van der Waals surface area contributed by atoms with E-state index in [2.05, 4.69) is 5.32 Å². The lowest BCUT2D eigenvalue weighted by Gasteiger charge is -2.31. The molecule has 4 nitrogen and oxygen atoms in total. The van der Waals surface area contributed by atoms with Crippen LogP contribution in [-0.2, 0) is 9.53 Å². The van der Waals surface area contributed by atoms with Gasteiger partial charge >= 0.3 is 5.97 Å². The SMILES string of the molecule is CCCNC(COC(C)CC)(C(=O)O)C1CC1. The van der Waals surface area contributed by atoms with E-state index in [4.69, 9.17) is 4.74 Å². The second kappa shape index (κ2) is 6.36. The van der Waals surface area contributed by atoms with Crippen LogP contribution in [0.2, 0.25) is 0 Å². The van der Waals surface area contributed by atoms with E-state index in [1.54, 1.807) is 0 Å². The normalized spacial score (nSPS) is 20.9. The van der Waals surface area contributed by atoms with Crippen molar-refractivity contribution in [3.8, 4) is 0 Å². The topological polar surface area (TPSA) is 58.6 Å². The fourth-order valence-corrected chi connectivity index (χ4v) is 1.94. The predicted molar refractivity (Wildman–Crippen MR) is 67.1 cm³/mol. The number of rotatable bonds is 9. The van der Waals surface area contributed by atoms with E-state index in [-0.39, 0.29) is 18.6 Å². The lowest BCUT2D eigenvalue weighted by atomic mass is 9.94. The van der Waals surface area contributed by atoms with Crippen LogP contribution in [0.15, 0.2) is 0 Å². The van der Waals surface area contributed by atoms with Crippen LogP contribution in [-0.4, -0.2) is 35.9 Å². The van der Waals surface area contributed by atoms with Gasteiger partial charge in [0.05, 0.1) is 12.7 Å². The van der Waals surface area contributed by atoms with E-state index < -0.39 is 11.5 Å². The van der Waals surface area contributed by atoms with Crippen molar-refractivity contribution >= 4 is 5.97 Å². The molecule has 0 amide bonds. The molecule has 0 spiro atoms. The van der Waals surface area contributed by atoms with E-state index in [9.17, 15) is 9.90 Å². The van der Waals surface area contributed by atoms with Gasteiger partial charge in [-0.3, -0.25) is 10.1 Å². The van der Waals surface area contributed by atoms with Gasteiger partial charge in [-0.25, -0.2) is 0 Å². The summed E-state index contributed by atoms with van der Waals surface area (Å²) in [6, 6.07) is 0. The van der Waals surface area contributed by atoms with E-state index in [1.165, 1.54) is 0 Å². The van der Waals surface area contributed by atoms with Crippen molar-refractivity contribution in [1.82, 2.24) is 5.32 Å². The maximum Gasteiger partial charge on any atom is 0.326 e. The highest BCUT2D eigenvalue weighted by atomic mass is 16.5. The summed E-state index contributed by atoms with van der Waals surface area (Å²) in [6.07, 6.45) is 3.95. The first kappa shape index (κ1) is 14.5. The molecule has 0 radical (unpaired) electrons. The van der Waals surface area contributed by atoms with Crippen LogP contribution in [0.4, 0.5) is 0 Å². The molecule has 4 heteroatoms. The second-order valence-electron chi connectivity index (χ2n) is 5.01. The number of carboxylic acid groups (broad SMARTS) is 1. The molecule has 0 saturated heterocycles. The Bertz CT molecular complexity index is 253. The van der Waals surface area contributed by atoms with Gasteiger partial charge in [0.2, 0.25) is 0 Å². The molecule has 1 fully saturated rings. The molecule has 1 rings (SSSR count). The Labute approximate surface area is 104 Å². The van der Waals surface area contributed by atoms with Crippen LogP contribution in [0.25, 0.3) is 0 Å². The molecule has 2 atom stereocenters. The zero-order chi connectivity index (χ0) is 12.9. The van der Waals surface area contributed by atoms with Gasteiger partial charge in [-0.05, 0) is 45.1 Å². The van der Waals surface area contributed by atoms with Gasteiger partial charge in [-0.15, -0.1) is 0 Å². The van der Waals surface area contributed by atoms with Crippen LogP contribution in [0.1, 0.15) is 46.5 Å². The summed E-state index contributed by atoms with van der Waals surface area (Å²) in [6.45, 7) is 7.08. The van der Waals surface area contributed by atoms with Gasteiger partial charge < -0.3 is 9.84 Å². The minimum Gasteiger partial charge on any atom is -0.480 e. The molecule has 1 aliphatic rings. The highest BCUT2D eigenvalue weighted by Gasteiger charge is 2.51. The Kier molecular flexibility index (Phi) is 5.40. The quantitative estimate of drug-likeness (QED) is 0.650. The summed E-state index contributed by atoms with van der Waals surface area (Å²) in [5.41, 5.74) is -0.862. The fraction of sp³-hybridized carbons (Fsp3) is 0.923. The fourth-order valence-electron chi connectivity index (χ4n) is 1.94. The number of hydrogen-bond acceptors (Lipinski definition) is 3. The number of aliphatic carboxylic acids is 1. The number of nitrogens with one attached hydrogen (secondary N) is 1. The maximum absolute atomic E-state index is 11.6. The van der Waals surface area contributed by atoms with Crippen molar-refractivity contribution in [3.63, 3.8) is 0 Å². The van der Waals surface area contributed by atoms with Crippen LogP contribution in [0.5, 0.6) is 0 Å². The summed E-state index contributed by atoms with van der Waals surface area (Å²) < 4.78 is 5.67. The second-order valence-corrected chi connectivity index (χ2v) is 5.01. The Morgan fingerprint density at radius 1 is 1.53 bits per heavy atom. The average Bonchev–Trinajstić information content (AvgIpc) is 3.13. The Hall–Kier alpha value is -0.610. The average molecular weight is 243 g/mol. The van der Waals surface area contributed by atoms with Crippen molar-refractivity contribution < 1.29 is 14.6 Å². The van der Waals surface area contributed by atoms with Crippen molar-refractivity contribution in [1.29, 1.82) is 0 Å². The lowest BCUT2D eigenvalue weighted by molar-refractivity contribution is -0.150. The third kappa shape index (κ3) is 3.68. The minimum atomic E-state index is -0.862. The van der Waals surface area contributed by atoms with E-state index in [0.717, 1.165) is 32.2 Å². The first-order valence-electron chi connectivity index (χ1n) is 6.66. The highest BCUT2D eigenvalue weighted by Crippen LogP contribution is 2.40. The highest BCUT2D eigenvalue weighted by molar-refractivity contribution is 5.80. The summed E-state index contributed by atoms with van der Waals surface area (Å²) in [7, 11) is 0. The van der Waals surface area contributed by atoms with E-state index in [0.29, 0.717) is 0 Å². The van der Waals surface area contributed by atoms with Crippen LogP contribution >= 0.6 is 0 Å². The van der Waals surface area contributed by atoms with E-state index in [1.807, 2.05) is 20.8 Å². The summed E-state index contributed by atoms with van der Waals surface area (Å²) in [5, 5.41) is 12.7. The monoisotopic (exact) mass is 243 g/mol. The number of carboxylic acids is 1. The molecule has 0 aliphatic heterocycles. The van der Waals surface area contributed by atoms with Gasteiger partial charge in [0.15, 0.2) is 0 Å². The van der Waals surface area contributed by atoms with Gasteiger partial charge in [-0.1, -0.05) is 13.8 Å². The standard InChI is InChI=1S/C13H25NO3/c1-4-8-14-13(12(15)16,11-6-7-11)9-17-10(3)5-2/h10-11,14H,4-9H2,1-3H3,(H,15,16). The number of hydrogen-bond donors (Lipinski definition) is 2. The first-order valence-corrected chi connectivity index (χ1v) is 6.66. The molecular weight excluding hydrogens is 218 g/mol. The smallest absolute Gasteiger partial charge is 0.326 e. The predicted octanol–water partition coefficient (Wildman–Crippen LogP) is 2.03. The van der Waals surface area contributed by atoms with Crippen LogP contribution in [0.3, 0.4) is 0 Å². The molecule has 2 unspecified atom stereocenters. The number of ether oxygens (including phenoxy) is 1. The van der Waals surface area contributed by atoms with Crippen LogP contribution in [0, 0.1) is 5.92 Å². The lowest BCUT2D eigenvalue weighted by Crippen LogP contribution is -2.58. The zero-order valence-corrected chi connectivity index (χ0v) is 11.2. The molecule has 0 aromatic heterocycles. The van der Waals surface area contributed by atoms with Crippen molar-refractivity contribution in [3.05, 3.63) is 0 Å². The molecule has 0 heterocycles. The van der Waals surface area contributed by atoms with Crippen molar-refractivity contribution in [2.75, 3.05) is 13.2 Å². The summed E-state index contributed by atoms with van der Waals surface area (Å²) in [5.74, 6) is -0.535. The molecule has 1 saturated carbocycles. The number of carbonyl (C=O) groups is 1. The molecule has 2 N–H and O–H groups in total. The van der Waals surface area contributed by atoms with Crippen molar-refractivity contribution in [2.24, 2.45) is 5.92 Å². The van der Waals surface area contributed by atoms with Crippen molar-refractivity contribution in [2.45, 2.75) is 58.1 Å². The minimum absolute atomic E-state index is 0.121. The summed E-state index contributed by atoms with van der Waals surface area (Å²) >= 11 is 0. The first-order chi connectivity index (χ1) is 8.06. The largest absolute Gasteiger partial charge is 0.480 e.